The number of hydrogen-bond donors (Lipinski definition) is 0. The summed E-state index contributed by atoms with van der Waals surface area (Å²) < 4.78 is 6.01. The summed E-state index contributed by atoms with van der Waals surface area (Å²) in [5, 5.41) is 1.09. The lowest BCUT2D eigenvalue weighted by Crippen LogP contribution is -2.37. The molecule has 1 aromatic carbocycles. The number of nitrogens with zero attached hydrogens (tertiary/aromatic N) is 2. The Morgan fingerprint density at radius 1 is 1.08 bits per heavy atom. The van der Waals surface area contributed by atoms with E-state index in [9.17, 15) is 9.59 Å². The zero-order valence-corrected chi connectivity index (χ0v) is 14.2. The highest BCUT2D eigenvalue weighted by molar-refractivity contribution is 5.84. The van der Waals surface area contributed by atoms with Crippen LogP contribution in [0.4, 0.5) is 0 Å². The highest BCUT2D eigenvalue weighted by Gasteiger charge is 2.33. The molecule has 0 bridgehead atoms. The summed E-state index contributed by atoms with van der Waals surface area (Å²) >= 11 is 0. The van der Waals surface area contributed by atoms with Gasteiger partial charge in [-0.05, 0) is 25.0 Å². The predicted molar refractivity (Wildman–Crippen MR) is 94.3 cm³/mol. The standard InChI is InChI=1S/C20H22N2O3/c23-16-8-5-15(6-9-16)20(24)22-12-11-17(13-22)25-19-10-7-14-3-1-2-4-18(14)21-19/h1-4,7,10,15,17H,5-6,8-9,11-13H2. The molecule has 1 aromatic heterocycles. The monoisotopic (exact) mass is 338 g/mol. The third-order valence-electron chi connectivity index (χ3n) is 5.21. The van der Waals surface area contributed by atoms with Crippen LogP contribution in [-0.4, -0.2) is 40.8 Å². The van der Waals surface area contributed by atoms with Gasteiger partial charge in [-0.2, -0.15) is 0 Å². The number of pyridine rings is 1. The maximum atomic E-state index is 12.6. The number of hydrogen-bond acceptors (Lipinski definition) is 4. The number of para-hydroxylation sites is 1. The number of likely N-dealkylation sites (tertiary alicyclic amines) is 1. The number of aromatic nitrogens is 1. The second-order valence-corrected chi connectivity index (χ2v) is 6.97. The second kappa shape index (κ2) is 6.82. The van der Waals surface area contributed by atoms with Gasteiger partial charge in [-0.3, -0.25) is 9.59 Å². The van der Waals surface area contributed by atoms with Crippen molar-refractivity contribution < 1.29 is 14.3 Å². The minimum Gasteiger partial charge on any atom is -0.472 e. The van der Waals surface area contributed by atoms with E-state index in [0.717, 1.165) is 23.9 Å². The third kappa shape index (κ3) is 3.50. The number of carbonyl (C=O) groups excluding carboxylic acids is 2. The van der Waals surface area contributed by atoms with Crippen LogP contribution in [0.3, 0.4) is 0 Å². The number of benzene rings is 1. The fraction of sp³-hybridized carbons (Fsp3) is 0.450. The van der Waals surface area contributed by atoms with E-state index in [-0.39, 0.29) is 23.7 Å². The second-order valence-electron chi connectivity index (χ2n) is 6.97. The van der Waals surface area contributed by atoms with Crippen LogP contribution in [0.25, 0.3) is 10.9 Å². The van der Waals surface area contributed by atoms with Gasteiger partial charge in [-0.25, -0.2) is 4.98 Å². The van der Waals surface area contributed by atoms with Crippen LogP contribution in [0.1, 0.15) is 32.1 Å². The molecule has 1 aliphatic heterocycles. The van der Waals surface area contributed by atoms with Crippen LogP contribution in [-0.2, 0) is 9.59 Å². The third-order valence-corrected chi connectivity index (χ3v) is 5.21. The first-order chi connectivity index (χ1) is 12.2. The molecule has 1 unspecified atom stereocenters. The first-order valence-corrected chi connectivity index (χ1v) is 9.02. The molecule has 0 spiro atoms. The Kier molecular flexibility index (Phi) is 4.38. The van der Waals surface area contributed by atoms with Crippen molar-refractivity contribution >= 4 is 22.6 Å². The Bertz CT molecular complexity index is 794. The molecule has 1 saturated heterocycles. The SMILES string of the molecule is O=C1CCC(C(=O)N2CCC(Oc3ccc4ccccc4n3)C2)CC1. The molecule has 1 saturated carbocycles. The molecule has 2 aliphatic rings. The Labute approximate surface area is 147 Å². The molecule has 1 atom stereocenters. The fourth-order valence-corrected chi connectivity index (χ4v) is 3.75. The van der Waals surface area contributed by atoms with E-state index in [2.05, 4.69) is 4.98 Å². The maximum Gasteiger partial charge on any atom is 0.225 e. The fourth-order valence-electron chi connectivity index (χ4n) is 3.75. The van der Waals surface area contributed by atoms with E-state index in [1.807, 2.05) is 41.3 Å². The lowest BCUT2D eigenvalue weighted by molar-refractivity contribution is -0.136. The molecule has 2 fully saturated rings. The summed E-state index contributed by atoms with van der Waals surface area (Å²) in [6.45, 7) is 1.33. The van der Waals surface area contributed by atoms with Crippen molar-refractivity contribution in [2.45, 2.75) is 38.2 Å². The summed E-state index contributed by atoms with van der Waals surface area (Å²) in [5.74, 6) is 1.09. The van der Waals surface area contributed by atoms with E-state index in [0.29, 0.717) is 38.1 Å². The minimum atomic E-state index is -0.0113. The Balaban J connectivity index is 1.37. The Hall–Kier alpha value is -2.43. The first kappa shape index (κ1) is 16.1. The number of rotatable bonds is 3. The molecule has 2 aromatic rings. The van der Waals surface area contributed by atoms with Crippen LogP contribution in [0.2, 0.25) is 0 Å². The van der Waals surface area contributed by atoms with E-state index in [4.69, 9.17) is 4.74 Å². The molecule has 1 aliphatic carbocycles. The lowest BCUT2D eigenvalue weighted by atomic mass is 9.87. The normalized spacial score (nSPS) is 21.7. The largest absolute Gasteiger partial charge is 0.472 e. The molecule has 0 N–H and O–H groups in total. The molecule has 0 radical (unpaired) electrons. The number of ketones is 1. The Morgan fingerprint density at radius 2 is 1.88 bits per heavy atom. The molecule has 130 valence electrons. The summed E-state index contributed by atoms with van der Waals surface area (Å²) in [6.07, 6.45) is 3.31. The molecule has 5 nitrogen and oxygen atoms in total. The van der Waals surface area contributed by atoms with Crippen molar-refractivity contribution in [3.8, 4) is 5.88 Å². The summed E-state index contributed by atoms with van der Waals surface area (Å²) in [6, 6.07) is 11.8. The van der Waals surface area contributed by atoms with Crippen LogP contribution in [0.5, 0.6) is 5.88 Å². The maximum absolute atomic E-state index is 12.6. The van der Waals surface area contributed by atoms with Crippen molar-refractivity contribution in [1.82, 2.24) is 9.88 Å². The van der Waals surface area contributed by atoms with Crippen LogP contribution in [0, 0.1) is 5.92 Å². The minimum absolute atomic E-state index is 0.00949. The molecular weight excluding hydrogens is 316 g/mol. The summed E-state index contributed by atoms with van der Waals surface area (Å²) in [7, 11) is 0. The van der Waals surface area contributed by atoms with Crippen molar-refractivity contribution in [2.75, 3.05) is 13.1 Å². The van der Waals surface area contributed by atoms with Gasteiger partial charge in [0.1, 0.15) is 11.9 Å². The smallest absolute Gasteiger partial charge is 0.225 e. The van der Waals surface area contributed by atoms with Gasteiger partial charge in [0.2, 0.25) is 11.8 Å². The van der Waals surface area contributed by atoms with E-state index in [1.54, 1.807) is 0 Å². The highest BCUT2D eigenvalue weighted by Crippen LogP contribution is 2.26. The zero-order chi connectivity index (χ0) is 17.2. The van der Waals surface area contributed by atoms with Crippen molar-refractivity contribution in [2.24, 2.45) is 5.92 Å². The van der Waals surface area contributed by atoms with Gasteiger partial charge < -0.3 is 9.64 Å². The molecule has 2 heterocycles. The summed E-state index contributed by atoms with van der Waals surface area (Å²) in [4.78, 5) is 30.4. The quantitative estimate of drug-likeness (QED) is 0.863. The number of ether oxygens (including phenoxy) is 1. The van der Waals surface area contributed by atoms with Gasteiger partial charge in [0, 0.05) is 43.2 Å². The van der Waals surface area contributed by atoms with E-state index in [1.165, 1.54) is 0 Å². The van der Waals surface area contributed by atoms with Crippen molar-refractivity contribution in [3.05, 3.63) is 36.4 Å². The van der Waals surface area contributed by atoms with E-state index >= 15 is 0 Å². The van der Waals surface area contributed by atoms with Gasteiger partial charge in [-0.1, -0.05) is 18.2 Å². The highest BCUT2D eigenvalue weighted by atomic mass is 16.5. The topological polar surface area (TPSA) is 59.5 Å². The summed E-state index contributed by atoms with van der Waals surface area (Å²) in [5.41, 5.74) is 0.915. The van der Waals surface area contributed by atoms with Gasteiger partial charge in [0.15, 0.2) is 0 Å². The number of fused-ring (bicyclic) bond motifs is 1. The molecule has 5 heteroatoms. The zero-order valence-electron chi connectivity index (χ0n) is 14.2. The van der Waals surface area contributed by atoms with Crippen LogP contribution in [0.15, 0.2) is 36.4 Å². The number of carbonyl (C=O) groups is 2. The van der Waals surface area contributed by atoms with Crippen molar-refractivity contribution in [1.29, 1.82) is 0 Å². The van der Waals surface area contributed by atoms with Gasteiger partial charge in [-0.15, -0.1) is 0 Å². The van der Waals surface area contributed by atoms with Gasteiger partial charge in [0.25, 0.3) is 0 Å². The molecule has 1 amide bonds. The lowest BCUT2D eigenvalue weighted by Gasteiger charge is -2.25. The van der Waals surface area contributed by atoms with Gasteiger partial charge >= 0.3 is 0 Å². The average Bonchev–Trinajstić information content (AvgIpc) is 3.10. The molecule has 25 heavy (non-hydrogen) atoms. The molecule has 4 rings (SSSR count). The Morgan fingerprint density at radius 3 is 2.72 bits per heavy atom. The average molecular weight is 338 g/mol. The van der Waals surface area contributed by atoms with Crippen LogP contribution >= 0.6 is 0 Å². The first-order valence-electron chi connectivity index (χ1n) is 9.02. The molecular formula is C20H22N2O3. The van der Waals surface area contributed by atoms with Crippen molar-refractivity contribution in [3.63, 3.8) is 0 Å². The number of amides is 1. The van der Waals surface area contributed by atoms with Gasteiger partial charge in [0.05, 0.1) is 12.1 Å². The van der Waals surface area contributed by atoms with E-state index < -0.39 is 0 Å². The van der Waals surface area contributed by atoms with Crippen LogP contribution < -0.4 is 4.74 Å². The number of Topliss-reactive ketones (excluding diaryl/α,β-unsaturated/α-hetero) is 1. The predicted octanol–water partition coefficient (Wildman–Crippen LogP) is 2.97.